The Labute approximate surface area is 131 Å². The zero-order valence-electron chi connectivity index (χ0n) is 13.0. The average molecular weight is 299 g/mol. The maximum atomic E-state index is 10.9. The first-order valence-electron chi connectivity index (χ1n) is 7.27. The monoisotopic (exact) mass is 299 g/mol. The Hall–Kier alpha value is -2.49. The highest BCUT2D eigenvalue weighted by Crippen LogP contribution is 2.31. The van der Waals surface area contributed by atoms with E-state index in [1.54, 1.807) is 7.11 Å². The lowest BCUT2D eigenvalue weighted by Gasteiger charge is -2.14. The Morgan fingerprint density at radius 2 is 1.86 bits per heavy atom. The Balaban J connectivity index is 2.05. The first kappa shape index (κ1) is 15.9. The molecule has 0 unspecified atom stereocenters. The Morgan fingerprint density at radius 3 is 2.55 bits per heavy atom. The van der Waals surface area contributed by atoms with Gasteiger partial charge in [-0.05, 0) is 23.6 Å². The van der Waals surface area contributed by atoms with Gasteiger partial charge >= 0.3 is 0 Å². The van der Waals surface area contributed by atoms with Gasteiger partial charge in [-0.15, -0.1) is 0 Å². The molecule has 0 aliphatic rings. The second-order valence-electron chi connectivity index (χ2n) is 4.96. The first-order chi connectivity index (χ1) is 10.7. The summed E-state index contributed by atoms with van der Waals surface area (Å²) in [5, 5.41) is 2.79. The van der Waals surface area contributed by atoms with Gasteiger partial charge in [-0.1, -0.05) is 42.5 Å². The van der Waals surface area contributed by atoms with E-state index in [1.807, 2.05) is 48.5 Å². The molecule has 0 bridgehead atoms. The van der Waals surface area contributed by atoms with Gasteiger partial charge in [0.25, 0.3) is 0 Å². The summed E-state index contributed by atoms with van der Waals surface area (Å²) in [5.41, 5.74) is 2.12. The molecule has 4 heteroatoms. The minimum atomic E-state index is -0.0320. The molecule has 0 aliphatic carbocycles. The molecule has 0 radical (unpaired) electrons. The van der Waals surface area contributed by atoms with Gasteiger partial charge in [-0.25, -0.2) is 0 Å². The topological polar surface area (TPSA) is 47.6 Å². The fourth-order valence-corrected chi connectivity index (χ4v) is 2.21. The molecule has 22 heavy (non-hydrogen) atoms. The quantitative estimate of drug-likeness (QED) is 0.855. The maximum absolute atomic E-state index is 10.9. The molecular weight excluding hydrogens is 278 g/mol. The number of methoxy groups -OCH3 is 1. The van der Waals surface area contributed by atoms with Gasteiger partial charge in [0.15, 0.2) is 11.5 Å². The summed E-state index contributed by atoms with van der Waals surface area (Å²) in [6, 6.07) is 15.8. The van der Waals surface area contributed by atoms with Crippen molar-refractivity contribution in [1.29, 1.82) is 0 Å². The summed E-state index contributed by atoms with van der Waals surface area (Å²) in [4.78, 5) is 10.9. The maximum Gasteiger partial charge on any atom is 0.216 e. The lowest BCUT2D eigenvalue weighted by atomic mass is 10.1. The van der Waals surface area contributed by atoms with Crippen molar-refractivity contribution in [3.8, 4) is 11.5 Å². The zero-order valence-corrected chi connectivity index (χ0v) is 13.0. The number of rotatable bonds is 7. The molecule has 1 N–H and O–H groups in total. The van der Waals surface area contributed by atoms with Crippen molar-refractivity contribution in [2.45, 2.75) is 20.0 Å². The largest absolute Gasteiger partial charge is 0.493 e. The van der Waals surface area contributed by atoms with Crippen molar-refractivity contribution in [2.75, 3.05) is 13.7 Å². The standard InChI is InChI=1S/C18H21NO3/c1-14(20)19-12-11-16-9-6-10-17(18(16)21-2)22-13-15-7-4-3-5-8-15/h3-10H,11-13H2,1-2H3,(H,19,20). The van der Waals surface area contributed by atoms with E-state index >= 15 is 0 Å². The van der Waals surface area contributed by atoms with Crippen LogP contribution in [0.4, 0.5) is 0 Å². The number of nitrogens with one attached hydrogen (secondary N) is 1. The van der Waals surface area contributed by atoms with Gasteiger partial charge in [0.05, 0.1) is 7.11 Å². The number of carbonyl (C=O) groups is 1. The molecule has 0 aromatic heterocycles. The summed E-state index contributed by atoms with van der Waals surface area (Å²) in [6.07, 6.45) is 0.700. The van der Waals surface area contributed by atoms with E-state index in [-0.39, 0.29) is 5.91 Å². The van der Waals surface area contributed by atoms with Gasteiger partial charge < -0.3 is 14.8 Å². The van der Waals surface area contributed by atoms with Crippen LogP contribution in [0.15, 0.2) is 48.5 Å². The average Bonchev–Trinajstić information content (AvgIpc) is 2.53. The predicted molar refractivity (Wildman–Crippen MR) is 86.2 cm³/mol. The van der Waals surface area contributed by atoms with E-state index in [4.69, 9.17) is 9.47 Å². The third-order valence-electron chi connectivity index (χ3n) is 3.27. The van der Waals surface area contributed by atoms with E-state index in [2.05, 4.69) is 5.32 Å². The number of para-hydroxylation sites is 1. The second kappa shape index (κ2) is 8.08. The third-order valence-corrected chi connectivity index (χ3v) is 3.27. The molecule has 2 aromatic carbocycles. The SMILES string of the molecule is COc1c(CCNC(C)=O)cccc1OCc1ccccc1. The van der Waals surface area contributed by atoms with Crippen LogP contribution < -0.4 is 14.8 Å². The molecular formula is C18H21NO3. The molecule has 116 valence electrons. The molecule has 0 aliphatic heterocycles. The smallest absolute Gasteiger partial charge is 0.216 e. The predicted octanol–water partition coefficient (Wildman–Crippen LogP) is 2.95. The third kappa shape index (κ3) is 4.52. The van der Waals surface area contributed by atoms with Crippen molar-refractivity contribution in [3.63, 3.8) is 0 Å². The molecule has 0 saturated carbocycles. The number of benzene rings is 2. The van der Waals surface area contributed by atoms with Gasteiger partial charge in [0.1, 0.15) is 6.61 Å². The fraction of sp³-hybridized carbons (Fsp3) is 0.278. The molecule has 4 nitrogen and oxygen atoms in total. The molecule has 0 spiro atoms. The van der Waals surface area contributed by atoms with Crippen LogP contribution in [-0.2, 0) is 17.8 Å². The Morgan fingerprint density at radius 1 is 1.09 bits per heavy atom. The van der Waals surface area contributed by atoms with Crippen LogP contribution >= 0.6 is 0 Å². The van der Waals surface area contributed by atoms with E-state index < -0.39 is 0 Å². The molecule has 1 amide bonds. The number of ether oxygens (including phenoxy) is 2. The number of amides is 1. The van der Waals surface area contributed by atoms with Gasteiger partial charge in [0, 0.05) is 13.5 Å². The summed E-state index contributed by atoms with van der Waals surface area (Å²) in [7, 11) is 1.63. The highest BCUT2D eigenvalue weighted by molar-refractivity contribution is 5.72. The van der Waals surface area contributed by atoms with Crippen molar-refractivity contribution >= 4 is 5.91 Å². The van der Waals surface area contributed by atoms with Crippen LogP contribution in [-0.4, -0.2) is 19.6 Å². The van der Waals surface area contributed by atoms with E-state index in [9.17, 15) is 4.79 Å². The number of hydrogen-bond acceptors (Lipinski definition) is 3. The molecule has 0 heterocycles. The summed E-state index contributed by atoms with van der Waals surface area (Å²) < 4.78 is 11.4. The first-order valence-corrected chi connectivity index (χ1v) is 7.27. The number of carbonyl (C=O) groups excluding carboxylic acids is 1. The zero-order chi connectivity index (χ0) is 15.8. The van der Waals surface area contributed by atoms with Gasteiger partial charge in [-0.3, -0.25) is 4.79 Å². The van der Waals surface area contributed by atoms with Crippen molar-refractivity contribution in [3.05, 3.63) is 59.7 Å². The van der Waals surface area contributed by atoms with E-state index in [0.717, 1.165) is 16.9 Å². The lowest BCUT2D eigenvalue weighted by molar-refractivity contribution is -0.118. The summed E-state index contributed by atoms with van der Waals surface area (Å²) in [5.74, 6) is 1.41. The molecule has 0 fully saturated rings. The minimum Gasteiger partial charge on any atom is -0.493 e. The molecule has 2 rings (SSSR count). The summed E-state index contributed by atoms with van der Waals surface area (Å²) >= 11 is 0. The second-order valence-corrected chi connectivity index (χ2v) is 4.96. The van der Waals surface area contributed by atoms with Crippen molar-refractivity contribution < 1.29 is 14.3 Å². The van der Waals surface area contributed by atoms with E-state index in [1.165, 1.54) is 6.92 Å². The van der Waals surface area contributed by atoms with Crippen LogP contribution in [0.3, 0.4) is 0 Å². The van der Waals surface area contributed by atoms with Crippen LogP contribution in [0.5, 0.6) is 11.5 Å². The normalized spacial score (nSPS) is 10.1. The Bertz CT molecular complexity index is 611. The molecule has 0 saturated heterocycles. The van der Waals surface area contributed by atoms with Crippen LogP contribution in [0, 0.1) is 0 Å². The van der Waals surface area contributed by atoms with Crippen LogP contribution in [0.25, 0.3) is 0 Å². The highest BCUT2D eigenvalue weighted by Gasteiger charge is 2.10. The van der Waals surface area contributed by atoms with Crippen molar-refractivity contribution in [2.24, 2.45) is 0 Å². The van der Waals surface area contributed by atoms with Crippen LogP contribution in [0.1, 0.15) is 18.1 Å². The molecule has 2 aromatic rings. The lowest BCUT2D eigenvalue weighted by Crippen LogP contribution is -2.22. The Kier molecular flexibility index (Phi) is 5.83. The number of hydrogen-bond donors (Lipinski definition) is 1. The summed E-state index contributed by atoms with van der Waals surface area (Å²) in [6.45, 7) is 2.58. The van der Waals surface area contributed by atoms with Crippen molar-refractivity contribution in [1.82, 2.24) is 5.32 Å². The van der Waals surface area contributed by atoms with E-state index in [0.29, 0.717) is 25.3 Å². The fourth-order valence-electron chi connectivity index (χ4n) is 2.21. The highest BCUT2D eigenvalue weighted by atomic mass is 16.5. The van der Waals surface area contributed by atoms with Gasteiger partial charge in [0.2, 0.25) is 5.91 Å². The molecule has 0 atom stereocenters. The van der Waals surface area contributed by atoms with Gasteiger partial charge in [-0.2, -0.15) is 0 Å². The minimum absolute atomic E-state index is 0.0320. The van der Waals surface area contributed by atoms with Crippen LogP contribution in [0.2, 0.25) is 0 Å².